The summed E-state index contributed by atoms with van der Waals surface area (Å²) < 4.78 is 32.2. The fraction of sp³-hybridized carbons (Fsp3) is 0.211. The number of hydrogen-bond acceptors (Lipinski definition) is 5. The Labute approximate surface area is 175 Å². The van der Waals surface area contributed by atoms with Crippen molar-refractivity contribution in [3.05, 3.63) is 61.9 Å². The van der Waals surface area contributed by atoms with E-state index in [0.29, 0.717) is 27.7 Å². The van der Waals surface area contributed by atoms with Crippen molar-refractivity contribution in [3.8, 4) is 6.07 Å². The first-order chi connectivity index (χ1) is 12.9. The molecule has 1 aliphatic heterocycles. The molecule has 0 aliphatic carbocycles. The number of ether oxygens (including phenoxy) is 1. The van der Waals surface area contributed by atoms with Gasteiger partial charge >= 0.3 is 0 Å². The molecule has 0 radical (unpaired) electrons. The molecule has 8 heteroatoms. The zero-order valence-corrected chi connectivity index (χ0v) is 18.2. The minimum absolute atomic E-state index is 0.0506. The summed E-state index contributed by atoms with van der Waals surface area (Å²) in [6, 6.07) is 14.1. The fourth-order valence-corrected chi connectivity index (χ4v) is 5.38. The molecule has 0 unspecified atom stereocenters. The van der Waals surface area contributed by atoms with Crippen molar-refractivity contribution < 1.29 is 13.2 Å². The third-order valence-electron chi connectivity index (χ3n) is 4.15. The maximum atomic E-state index is 12.9. The van der Waals surface area contributed by atoms with Crippen molar-refractivity contribution in [1.82, 2.24) is 0 Å². The van der Waals surface area contributed by atoms with Crippen LogP contribution in [0.3, 0.4) is 0 Å². The van der Waals surface area contributed by atoms with E-state index in [1.165, 1.54) is 12.1 Å². The summed E-state index contributed by atoms with van der Waals surface area (Å²) in [5, 5.41) is 9.46. The highest BCUT2D eigenvalue weighted by molar-refractivity contribution is 9.11. The van der Waals surface area contributed by atoms with Gasteiger partial charge < -0.3 is 9.64 Å². The van der Waals surface area contributed by atoms with Crippen molar-refractivity contribution in [2.75, 3.05) is 31.2 Å². The third kappa shape index (κ3) is 4.61. The molecule has 0 spiro atoms. The lowest BCUT2D eigenvalue weighted by Crippen LogP contribution is -2.36. The van der Waals surface area contributed by atoms with Crippen molar-refractivity contribution in [1.29, 1.82) is 5.26 Å². The smallest absolute Gasteiger partial charge is 0.217 e. The predicted molar refractivity (Wildman–Crippen MR) is 112 cm³/mol. The molecule has 2 aromatic rings. The molecule has 1 aliphatic rings. The highest BCUT2D eigenvalue weighted by Crippen LogP contribution is 2.30. The maximum Gasteiger partial charge on any atom is 0.217 e. The molecular formula is C19H16Br2N2O3S. The average molecular weight is 512 g/mol. The Morgan fingerprint density at radius 2 is 1.78 bits per heavy atom. The van der Waals surface area contributed by atoms with Gasteiger partial charge in [-0.05, 0) is 57.9 Å². The number of sulfone groups is 1. The number of nitriles is 1. The van der Waals surface area contributed by atoms with Gasteiger partial charge in [0, 0.05) is 27.7 Å². The summed E-state index contributed by atoms with van der Waals surface area (Å²) in [6.45, 7) is 3.04. The molecule has 0 aromatic heterocycles. The summed E-state index contributed by atoms with van der Waals surface area (Å²) >= 11 is 6.52. The van der Waals surface area contributed by atoms with Gasteiger partial charge in [-0.15, -0.1) is 0 Å². The number of anilines is 1. The van der Waals surface area contributed by atoms with E-state index in [-0.39, 0.29) is 9.80 Å². The average Bonchev–Trinajstić information content (AvgIpc) is 2.69. The van der Waals surface area contributed by atoms with Crippen LogP contribution in [0.15, 0.2) is 61.2 Å². The molecule has 0 bridgehead atoms. The second-order valence-electron chi connectivity index (χ2n) is 5.89. The Morgan fingerprint density at radius 3 is 2.41 bits per heavy atom. The van der Waals surface area contributed by atoms with E-state index in [1.807, 2.05) is 30.3 Å². The van der Waals surface area contributed by atoms with Crippen LogP contribution in [0, 0.1) is 11.3 Å². The number of rotatable bonds is 4. The van der Waals surface area contributed by atoms with Crippen LogP contribution in [0.25, 0.3) is 6.08 Å². The second kappa shape index (κ2) is 8.57. The molecule has 0 N–H and O–H groups in total. The summed E-state index contributed by atoms with van der Waals surface area (Å²) in [6.07, 6.45) is 1.39. The normalized spacial score (nSPS) is 15.4. The van der Waals surface area contributed by atoms with Crippen LogP contribution >= 0.6 is 31.9 Å². The lowest BCUT2D eigenvalue weighted by atomic mass is 10.2. The monoisotopic (exact) mass is 510 g/mol. The molecule has 2 aromatic carbocycles. The predicted octanol–water partition coefficient (Wildman–Crippen LogP) is 4.39. The molecule has 0 saturated carbocycles. The molecule has 27 heavy (non-hydrogen) atoms. The van der Waals surface area contributed by atoms with Crippen LogP contribution in [0.2, 0.25) is 0 Å². The molecule has 3 rings (SSSR count). The van der Waals surface area contributed by atoms with E-state index >= 15 is 0 Å². The Balaban J connectivity index is 1.92. The van der Waals surface area contributed by atoms with E-state index in [1.54, 1.807) is 12.1 Å². The maximum absolute atomic E-state index is 12.9. The highest BCUT2D eigenvalue weighted by Gasteiger charge is 2.24. The van der Waals surface area contributed by atoms with Gasteiger partial charge in [-0.3, -0.25) is 0 Å². The highest BCUT2D eigenvalue weighted by atomic mass is 79.9. The molecule has 1 fully saturated rings. The second-order valence-corrected chi connectivity index (χ2v) is 9.55. The first-order valence-corrected chi connectivity index (χ1v) is 11.2. The summed E-state index contributed by atoms with van der Waals surface area (Å²) in [5.41, 5.74) is 1.70. The van der Waals surface area contributed by atoms with Gasteiger partial charge in [0.05, 0.1) is 18.1 Å². The lowest BCUT2D eigenvalue weighted by molar-refractivity contribution is 0.122. The van der Waals surface area contributed by atoms with E-state index < -0.39 is 9.84 Å². The van der Waals surface area contributed by atoms with Gasteiger partial charge in [0.1, 0.15) is 11.0 Å². The number of nitrogens with zero attached hydrogens (tertiary/aromatic N) is 2. The Kier molecular flexibility index (Phi) is 6.37. The van der Waals surface area contributed by atoms with E-state index in [2.05, 4.69) is 36.8 Å². The summed E-state index contributed by atoms with van der Waals surface area (Å²) in [7, 11) is -3.94. The third-order valence-corrected chi connectivity index (χ3v) is 7.30. The van der Waals surface area contributed by atoms with Gasteiger partial charge in [-0.1, -0.05) is 28.1 Å². The number of halogens is 2. The standard InChI is InChI=1S/C19H16Br2N2O3S/c20-15-3-6-18(21)19(12-15)27(24,25)17(13-22)11-14-1-4-16(5-2-14)23-7-9-26-10-8-23/h1-6,11-12H,7-10H2/b17-11-. The van der Waals surface area contributed by atoms with Crippen molar-refractivity contribution >= 4 is 53.5 Å². The van der Waals surface area contributed by atoms with Crippen LogP contribution in [-0.2, 0) is 14.6 Å². The molecule has 140 valence electrons. The largest absolute Gasteiger partial charge is 0.378 e. The minimum atomic E-state index is -3.94. The quantitative estimate of drug-likeness (QED) is 0.569. The Morgan fingerprint density at radius 1 is 1.11 bits per heavy atom. The van der Waals surface area contributed by atoms with E-state index in [0.717, 1.165) is 18.8 Å². The van der Waals surface area contributed by atoms with Gasteiger partial charge in [0.15, 0.2) is 0 Å². The molecular weight excluding hydrogens is 496 g/mol. The topological polar surface area (TPSA) is 70.4 Å². The number of hydrogen-bond donors (Lipinski definition) is 0. The van der Waals surface area contributed by atoms with E-state index in [9.17, 15) is 13.7 Å². The summed E-state index contributed by atoms with van der Waals surface area (Å²) in [4.78, 5) is 1.95. The summed E-state index contributed by atoms with van der Waals surface area (Å²) in [5.74, 6) is 0. The van der Waals surface area contributed by atoms with Gasteiger partial charge in [0.2, 0.25) is 9.84 Å². The molecule has 1 saturated heterocycles. The Bertz CT molecular complexity index is 1010. The van der Waals surface area contributed by atoms with Crippen LogP contribution in [0.5, 0.6) is 0 Å². The fourth-order valence-electron chi connectivity index (χ4n) is 2.73. The van der Waals surface area contributed by atoms with Crippen LogP contribution in [-0.4, -0.2) is 34.7 Å². The van der Waals surface area contributed by atoms with Gasteiger partial charge in [-0.2, -0.15) is 5.26 Å². The number of morpholine rings is 1. The van der Waals surface area contributed by atoms with Crippen molar-refractivity contribution in [2.24, 2.45) is 0 Å². The number of benzene rings is 2. The first-order valence-electron chi connectivity index (χ1n) is 8.16. The Hall–Kier alpha value is -1.66. The molecule has 0 atom stereocenters. The number of allylic oxidation sites excluding steroid dienone is 1. The molecule has 0 amide bonds. The lowest BCUT2D eigenvalue weighted by Gasteiger charge is -2.28. The van der Waals surface area contributed by atoms with Crippen LogP contribution in [0.1, 0.15) is 5.56 Å². The zero-order valence-electron chi connectivity index (χ0n) is 14.2. The minimum Gasteiger partial charge on any atom is -0.378 e. The van der Waals surface area contributed by atoms with E-state index in [4.69, 9.17) is 4.74 Å². The van der Waals surface area contributed by atoms with Gasteiger partial charge in [-0.25, -0.2) is 8.42 Å². The van der Waals surface area contributed by atoms with Crippen LogP contribution in [0.4, 0.5) is 5.69 Å². The van der Waals surface area contributed by atoms with Crippen LogP contribution < -0.4 is 4.90 Å². The van der Waals surface area contributed by atoms with Crippen molar-refractivity contribution in [2.45, 2.75) is 4.90 Å². The van der Waals surface area contributed by atoms with Crippen molar-refractivity contribution in [3.63, 3.8) is 0 Å². The SMILES string of the molecule is N#C/C(=C/c1ccc(N2CCOCC2)cc1)S(=O)(=O)c1cc(Br)ccc1Br. The van der Waals surface area contributed by atoms with Gasteiger partial charge in [0.25, 0.3) is 0 Å². The zero-order chi connectivity index (χ0) is 19.4. The molecule has 5 nitrogen and oxygen atoms in total. The molecule has 1 heterocycles. The first kappa shape index (κ1) is 20.1.